The molecule has 4 rings (SSSR count). The molecule has 4 aromatic rings. The van der Waals surface area contributed by atoms with Crippen LogP contribution in [0.3, 0.4) is 0 Å². The third kappa shape index (κ3) is 2.28. The summed E-state index contributed by atoms with van der Waals surface area (Å²) in [6.07, 6.45) is 1.56. The summed E-state index contributed by atoms with van der Waals surface area (Å²) in [7, 11) is 0. The van der Waals surface area contributed by atoms with Crippen LogP contribution >= 0.6 is 22.9 Å². The number of benzene rings is 2. The minimum atomic E-state index is -0.105. The smallest absolute Gasteiger partial charge is 0.261 e. The van der Waals surface area contributed by atoms with Crippen LogP contribution in [0.4, 0.5) is 0 Å². The molecular weight excluding hydrogens is 318 g/mol. The third-order valence-electron chi connectivity index (χ3n) is 3.43. The van der Waals surface area contributed by atoms with Crippen molar-refractivity contribution in [3.63, 3.8) is 0 Å². The zero-order chi connectivity index (χ0) is 15.1. The van der Waals surface area contributed by atoms with Crippen LogP contribution in [0.2, 0.25) is 5.02 Å². The number of hydrogen-bond donors (Lipinski definition) is 0. The highest BCUT2D eigenvalue weighted by Gasteiger charge is 2.08. The van der Waals surface area contributed by atoms with E-state index < -0.39 is 0 Å². The molecule has 0 N–H and O–H groups in total. The molecule has 0 bridgehead atoms. The second-order valence-electron chi connectivity index (χ2n) is 4.91. The Morgan fingerprint density at radius 1 is 1.14 bits per heavy atom. The molecule has 0 spiro atoms. The number of fused-ring (bicyclic) bond motifs is 2. The topological polar surface area (TPSA) is 47.8 Å². The molecule has 0 radical (unpaired) electrons. The largest absolute Gasteiger partial charge is 0.292 e. The molecule has 4 nitrogen and oxygen atoms in total. The van der Waals surface area contributed by atoms with Crippen LogP contribution < -0.4 is 5.56 Å². The van der Waals surface area contributed by atoms with Crippen LogP contribution in [0.5, 0.6) is 0 Å². The zero-order valence-electron chi connectivity index (χ0n) is 11.4. The van der Waals surface area contributed by atoms with Crippen molar-refractivity contribution in [1.29, 1.82) is 0 Å². The fourth-order valence-electron chi connectivity index (χ4n) is 2.38. The normalized spacial score (nSPS) is 11.3. The fraction of sp³-hybridized carbons (Fsp3) is 0.0625. The first-order valence-corrected chi connectivity index (χ1v) is 7.89. The number of rotatable bonds is 2. The van der Waals surface area contributed by atoms with Gasteiger partial charge in [-0.3, -0.25) is 9.36 Å². The molecule has 6 heteroatoms. The Morgan fingerprint density at radius 2 is 2.00 bits per heavy atom. The molecule has 22 heavy (non-hydrogen) atoms. The lowest BCUT2D eigenvalue weighted by Gasteiger charge is -2.04. The SMILES string of the molecule is O=c1c2cc(Cl)ccc2ncn1Cc1nc2ccccc2s1. The van der Waals surface area contributed by atoms with E-state index in [1.807, 2.05) is 24.3 Å². The molecule has 0 amide bonds. The van der Waals surface area contributed by atoms with E-state index in [9.17, 15) is 4.79 Å². The summed E-state index contributed by atoms with van der Waals surface area (Å²) in [6.45, 7) is 0.410. The molecular formula is C16H10ClN3OS. The Bertz CT molecular complexity index is 1020. The average molecular weight is 328 g/mol. The molecule has 0 aliphatic rings. The van der Waals surface area contributed by atoms with Gasteiger partial charge in [0.1, 0.15) is 5.01 Å². The van der Waals surface area contributed by atoms with Crippen LogP contribution in [0, 0.1) is 0 Å². The van der Waals surface area contributed by atoms with Gasteiger partial charge in [-0.1, -0.05) is 23.7 Å². The Kier molecular flexibility index (Phi) is 3.17. The van der Waals surface area contributed by atoms with Gasteiger partial charge < -0.3 is 0 Å². The minimum absolute atomic E-state index is 0.105. The second-order valence-corrected chi connectivity index (χ2v) is 6.47. The molecule has 0 saturated heterocycles. The molecule has 0 aliphatic heterocycles. The predicted molar refractivity (Wildman–Crippen MR) is 89.7 cm³/mol. The first-order valence-electron chi connectivity index (χ1n) is 6.70. The van der Waals surface area contributed by atoms with Gasteiger partial charge in [0.2, 0.25) is 0 Å². The second kappa shape index (κ2) is 5.19. The van der Waals surface area contributed by atoms with Gasteiger partial charge in [-0.2, -0.15) is 0 Å². The number of aromatic nitrogens is 3. The van der Waals surface area contributed by atoms with Gasteiger partial charge in [-0.25, -0.2) is 9.97 Å². The van der Waals surface area contributed by atoms with Gasteiger partial charge in [0.15, 0.2) is 0 Å². The highest BCUT2D eigenvalue weighted by molar-refractivity contribution is 7.18. The predicted octanol–water partition coefficient (Wildman–Crippen LogP) is 3.71. The van der Waals surface area contributed by atoms with Crippen molar-refractivity contribution in [3.8, 4) is 0 Å². The number of thiazole rings is 1. The van der Waals surface area contributed by atoms with Crippen LogP contribution in [0.25, 0.3) is 21.1 Å². The molecule has 2 heterocycles. The Morgan fingerprint density at radius 3 is 2.86 bits per heavy atom. The van der Waals surface area contributed by atoms with E-state index in [-0.39, 0.29) is 5.56 Å². The van der Waals surface area contributed by atoms with Crippen molar-refractivity contribution >= 4 is 44.1 Å². The van der Waals surface area contributed by atoms with Crippen LogP contribution in [0.15, 0.2) is 53.6 Å². The molecule has 2 aromatic carbocycles. The Hall–Kier alpha value is -2.24. The van der Waals surface area contributed by atoms with E-state index in [0.29, 0.717) is 22.5 Å². The molecule has 0 unspecified atom stereocenters. The lowest BCUT2D eigenvalue weighted by molar-refractivity contribution is 0.745. The minimum Gasteiger partial charge on any atom is -0.292 e. The first-order chi connectivity index (χ1) is 10.7. The molecule has 108 valence electrons. The van der Waals surface area contributed by atoms with Gasteiger partial charge in [0.05, 0.1) is 34.0 Å². The van der Waals surface area contributed by atoms with E-state index in [0.717, 1.165) is 15.2 Å². The summed E-state index contributed by atoms with van der Waals surface area (Å²) in [4.78, 5) is 21.4. The maximum atomic E-state index is 12.5. The number of hydrogen-bond acceptors (Lipinski definition) is 4. The van der Waals surface area contributed by atoms with Gasteiger partial charge in [0, 0.05) is 5.02 Å². The Labute approximate surface area is 134 Å². The highest BCUT2D eigenvalue weighted by atomic mass is 35.5. The maximum absolute atomic E-state index is 12.5. The van der Waals surface area contributed by atoms with Crippen molar-refractivity contribution < 1.29 is 0 Å². The first kappa shape index (κ1) is 13.4. The van der Waals surface area contributed by atoms with Gasteiger partial charge in [0.25, 0.3) is 5.56 Å². The monoisotopic (exact) mass is 327 g/mol. The summed E-state index contributed by atoms with van der Waals surface area (Å²) in [5.74, 6) is 0. The van der Waals surface area contributed by atoms with Crippen molar-refractivity contribution in [1.82, 2.24) is 14.5 Å². The lowest BCUT2D eigenvalue weighted by atomic mass is 10.2. The van der Waals surface area contributed by atoms with Crippen LogP contribution in [-0.2, 0) is 6.54 Å². The average Bonchev–Trinajstić information content (AvgIpc) is 2.93. The lowest BCUT2D eigenvalue weighted by Crippen LogP contribution is -2.21. The van der Waals surface area contributed by atoms with E-state index in [2.05, 4.69) is 9.97 Å². The van der Waals surface area contributed by atoms with E-state index in [1.54, 1.807) is 40.4 Å². The highest BCUT2D eigenvalue weighted by Crippen LogP contribution is 2.22. The van der Waals surface area contributed by atoms with Crippen molar-refractivity contribution in [2.45, 2.75) is 6.54 Å². The van der Waals surface area contributed by atoms with E-state index >= 15 is 0 Å². The Balaban J connectivity index is 1.80. The summed E-state index contributed by atoms with van der Waals surface area (Å²) in [6, 6.07) is 13.1. The van der Waals surface area contributed by atoms with Crippen molar-refractivity contribution in [2.24, 2.45) is 0 Å². The van der Waals surface area contributed by atoms with Gasteiger partial charge in [-0.05, 0) is 30.3 Å². The maximum Gasteiger partial charge on any atom is 0.261 e. The van der Waals surface area contributed by atoms with Gasteiger partial charge >= 0.3 is 0 Å². The van der Waals surface area contributed by atoms with Gasteiger partial charge in [-0.15, -0.1) is 11.3 Å². The number of nitrogens with zero attached hydrogens (tertiary/aromatic N) is 3. The summed E-state index contributed by atoms with van der Waals surface area (Å²) in [5, 5.41) is 1.94. The molecule has 2 aromatic heterocycles. The fourth-order valence-corrected chi connectivity index (χ4v) is 3.52. The molecule has 0 fully saturated rings. The standard InChI is InChI=1S/C16H10ClN3OS/c17-10-5-6-12-11(7-10)16(21)20(9-18-12)8-15-19-13-3-1-2-4-14(13)22-15/h1-7,9H,8H2. The van der Waals surface area contributed by atoms with Crippen molar-refractivity contribution in [3.05, 3.63) is 69.2 Å². The summed E-state index contributed by atoms with van der Waals surface area (Å²) in [5.41, 5.74) is 1.49. The van der Waals surface area contributed by atoms with Crippen molar-refractivity contribution in [2.75, 3.05) is 0 Å². The van der Waals surface area contributed by atoms with E-state index in [1.165, 1.54) is 0 Å². The number of para-hydroxylation sites is 1. The molecule has 0 atom stereocenters. The molecule has 0 saturated carbocycles. The quantitative estimate of drug-likeness (QED) is 0.564. The van der Waals surface area contributed by atoms with Crippen LogP contribution in [-0.4, -0.2) is 14.5 Å². The summed E-state index contributed by atoms with van der Waals surface area (Å²) >= 11 is 7.56. The zero-order valence-corrected chi connectivity index (χ0v) is 12.9. The van der Waals surface area contributed by atoms with E-state index in [4.69, 9.17) is 11.6 Å². The molecule has 0 aliphatic carbocycles. The van der Waals surface area contributed by atoms with Crippen LogP contribution in [0.1, 0.15) is 5.01 Å². The number of halogens is 1. The third-order valence-corrected chi connectivity index (χ3v) is 4.69. The summed E-state index contributed by atoms with van der Waals surface area (Å²) < 4.78 is 2.68.